The highest BCUT2D eigenvalue weighted by Gasteiger charge is 2.24. The molecule has 0 aliphatic heterocycles. The molecule has 12 nitrogen and oxygen atoms in total. The Bertz CT molecular complexity index is 1130. The molecule has 0 aliphatic rings. The number of anilines is 1. The Labute approximate surface area is 174 Å². The number of aryl methyl sites for hydroxylation is 1. The van der Waals surface area contributed by atoms with Gasteiger partial charge in [0.1, 0.15) is 23.7 Å². The number of ether oxygens (including phenoxy) is 2. The van der Waals surface area contributed by atoms with Crippen LogP contribution in [0.4, 0.5) is 20.7 Å². The van der Waals surface area contributed by atoms with Gasteiger partial charge in [-0.25, -0.2) is 19.2 Å². The van der Waals surface area contributed by atoms with Crippen LogP contribution in [0.5, 0.6) is 5.75 Å². The maximum Gasteiger partial charge on any atom is 0.410 e. The van der Waals surface area contributed by atoms with Crippen LogP contribution in [-0.2, 0) is 25.0 Å². The van der Waals surface area contributed by atoms with E-state index in [1.807, 2.05) is 5.32 Å². The van der Waals surface area contributed by atoms with Crippen LogP contribution in [0.15, 0.2) is 30.6 Å². The Morgan fingerprint density at radius 1 is 1.35 bits per heavy atom. The lowest BCUT2D eigenvalue weighted by Crippen LogP contribution is -2.10. The summed E-state index contributed by atoms with van der Waals surface area (Å²) >= 11 is 0. The van der Waals surface area contributed by atoms with Crippen LogP contribution < -0.4 is 10.1 Å². The molecule has 31 heavy (non-hydrogen) atoms. The van der Waals surface area contributed by atoms with Crippen molar-refractivity contribution in [3.63, 3.8) is 0 Å². The molecule has 0 radical (unpaired) electrons. The molecule has 0 aliphatic carbocycles. The lowest BCUT2D eigenvalue weighted by atomic mass is 10.1. The van der Waals surface area contributed by atoms with Crippen LogP contribution in [0.25, 0.3) is 11.4 Å². The first-order valence-electron chi connectivity index (χ1n) is 8.73. The average molecular weight is 432 g/mol. The van der Waals surface area contributed by atoms with Gasteiger partial charge in [0, 0.05) is 13.1 Å². The van der Waals surface area contributed by atoms with Gasteiger partial charge in [-0.1, -0.05) is 0 Å². The van der Waals surface area contributed by atoms with Crippen molar-refractivity contribution < 1.29 is 28.7 Å². The van der Waals surface area contributed by atoms with Gasteiger partial charge in [0.2, 0.25) is 5.75 Å². The Kier molecular flexibility index (Phi) is 6.35. The number of nitro benzene ring substituents is 1. The van der Waals surface area contributed by atoms with Gasteiger partial charge in [-0.2, -0.15) is 5.10 Å². The second-order valence-electron chi connectivity index (χ2n) is 6.24. The molecule has 0 bridgehead atoms. The van der Waals surface area contributed by atoms with Crippen molar-refractivity contribution in [2.75, 3.05) is 12.4 Å². The smallest absolute Gasteiger partial charge is 0.410 e. The number of carbonyl (C=O) groups is 1. The predicted molar refractivity (Wildman–Crippen MR) is 104 cm³/mol. The summed E-state index contributed by atoms with van der Waals surface area (Å²) in [5.74, 6) is -0.518. The molecule has 0 atom stereocenters. The number of nitro groups is 1. The van der Waals surface area contributed by atoms with E-state index in [4.69, 9.17) is 14.6 Å². The first kappa shape index (κ1) is 21.6. The minimum absolute atomic E-state index is 0.0000994. The van der Waals surface area contributed by atoms with E-state index in [-0.39, 0.29) is 42.0 Å². The number of methoxy groups -OCH3 is 1. The van der Waals surface area contributed by atoms with E-state index in [1.54, 1.807) is 13.1 Å². The average Bonchev–Trinajstić information content (AvgIpc) is 3.15. The number of nitrogens with one attached hydrogen (secondary N) is 1. The van der Waals surface area contributed by atoms with Crippen molar-refractivity contribution in [1.82, 2.24) is 19.7 Å². The molecule has 2 heterocycles. The van der Waals surface area contributed by atoms with E-state index in [1.165, 1.54) is 30.3 Å². The third-order valence-electron chi connectivity index (χ3n) is 4.03. The molecule has 162 valence electrons. The van der Waals surface area contributed by atoms with Crippen molar-refractivity contribution in [1.29, 1.82) is 0 Å². The summed E-state index contributed by atoms with van der Waals surface area (Å²) in [6, 6.07) is 5.08. The second kappa shape index (κ2) is 9.13. The van der Waals surface area contributed by atoms with Gasteiger partial charge in [-0.15, -0.1) is 0 Å². The summed E-state index contributed by atoms with van der Waals surface area (Å²) < 4.78 is 26.1. The number of aromatic nitrogens is 4. The quantitative estimate of drug-likeness (QED) is 0.404. The maximum absolute atomic E-state index is 13.9. The number of amides is 1. The van der Waals surface area contributed by atoms with Gasteiger partial charge in [-0.3, -0.25) is 20.1 Å². The Morgan fingerprint density at radius 3 is 2.74 bits per heavy atom. The van der Waals surface area contributed by atoms with E-state index in [2.05, 4.69) is 15.1 Å². The first-order chi connectivity index (χ1) is 14.8. The van der Waals surface area contributed by atoms with Crippen LogP contribution in [0, 0.1) is 15.9 Å². The fourth-order valence-corrected chi connectivity index (χ4v) is 2.76. The van der Waals surface area contributed by atoms with E-state index >= 15 is 0 Å². The van der Waals surface area contributed by atoms with Crippen LogP contribution in [0.1, 0.15) is 11.3 Å². The van der Waals surface area contributed by atoms with Crippen LogP contribution in [0.3, 0.4) is 0 Å². The van der Waals surface area contributed by atoms with Crippen LogP contribution in [-0.4, -0.2) is 43.0 Å². The van der Waals surface area contributed by atoms with Crippen LogP contribution >= 0.6 is 0 Å². The van der Waals surface area contributed by atoms with Gasteiger partial charge >= 0.3 is 11.8 Å². The Balaban J connectivity index is 1.84. The fourth-order valence-electron chi connectivity index (χ4n) is 2.76. The van der Waals surface area contributed by atoms with Gasteiger partial charge in [0.25, 0.3) is 0 Å². The van der Waals surface area contributed by atoms with Gasteiger partial charge in [0.05, 0.1) is 30.8 Å². The van der Waals surface area contributed by atoms with Crippen LogP contribution in [0.2, 0.25) is 0 Å². The summed E-state index contributed by atoms with van der Waals surface area (Å²) in [5, 5.41) is 26.4. The van der Waals surface area contributed by atoms with Gasteiger partial charge in [0.15, 0.2) is 5.82 Å². The molecular weight excluding hydrogens is 415 g/mol. The maximum atomic E-state index is 13.9. The van der Waals surface area contributed by atoms with Crippen molar-refractivity contribution in [2.45, 2.75) is 13.2 Å². The second-order valence-corrected chi connectivity index (χ2v) is 6.24. The summed E-state index contributed by atoms with van der Waals surface area (Å²) in [6.07, 6.45) is 0.100. The fraction of sp³-hybridized carbons (Fsp3) is 0.222. The van der Waals surface area contributed by atoms with Crippen molar-refractivity contribution in [2.24, 2.45) is 7.05 Å². The van der Waals surface area contributed by atoms with Gasteiger partial charge < -0.3 is 14.6 Å². The third kappa shape index (κ3) is 5.08. The van der Waals surface area contributed by atoms with E-state index < -0.39 is 16.8 Å². The molecule has 1 amide bonds. The number of benzene rings is 1. The third-order valence-corrected chi connectivity index (χ3v) is 4.03. The normalized spacial score (nSPS) is 10.7. The van der Waals surface area contributed by atoms with Crippen molar-refractivity contribution in [3.05, 3.63) is 57.8 Å². The van der Waals surface area contributed by atoms with Crippen molar-refractivity contribution >= 4 is 17.6 Å². The summed E-state index contributed by atoms with van der Waals surface area (Å²) in [6.45, 7) is -0.416. The van der Waals surface area contributed by atoms with E-state index in [9.17, 15) is 19.3 Å². The highest BCUT2D eigenvalue weighted by Crippen LogP contribution is 2.37. The SMILES string of the molecule is COc1c(-c2ncn(C)n2)cc(COCc2nc(NC(=O)O)ccc2F)cc1[N+](=O)[O-]. The number of nitrogens with zero attached hydrogens (tertiary/aromatic N) is 5. The standard InChI is InChI=1S/C18H17FN6O6/c1-24-9-20-17(23-24)11-5-10(6-14(25(28)29)16(11)30-2)7-31-8-13-12(19)3-4-15(21-13)22-18(26)27/h3-6,9H,7-8H2,1-2H3,(H,21,22)(H,26,27). The molecule has 0 saturated heterocycles. The first-order valence-corrected chi connectivity index (χ1v) is 8.73. The number of halogens is 1. The predicted octanol–water partition coefficient (Wildman–Crippen LogP) is 2.74. The summed E-state index contributed by atoms with van der Waals surface area (Å²) in [5.41, 5.74) is 0.270. The zero-order valence-corrected chi connectivity index (χ0v) is 16.4. The Morgan fingerprint density at radius 2 is 2.13 bits per heavy atom. The lowest BCUT2D eigenvalue weighted by molar-refractivity contribution is -0.385. The highest BCUT2D eigenvalue weighted by molar-refractivity contribution is 5.81. The molecular formula is C18H17FN6O6. The molecule has 2 N–H and O–H groups in total. The lowest BCUT2D eigenvalue weighted by Gasteiger charge is -2.11. The molecule has 3 rings (SSSR count). The molecule has 0 unspecified atom stereocenters. The molecule has 0 fully saturated rings. The molecule has 3 aromatic rings. The molecule has 1 aromatic carbocycles. The number of rotatable bonds is 8. The molecule has 2 aromatic heterocycles. The number of carboxylic acid groups (broad SMARTS) is 1. The highest BCUT2D eigenvalue weighted by atomic mass is 19.1. The Hall–Kier alpha value is -4.13. The minimum atomic E-state index is -1.34. The minimum Gasteiger partial charge on any atom is -0.490 e. The van der Waals surface area contributed by atoms with E-state index in [0.29, 0.717) is 11.1 Å². The number of hydrogen-bond acceptors (Lipinski definition) is 8. The number of pyridine rings is 1. The van der Waals surface area contributed by atoms with E-state index in [0.717, 1.165) is 6.07 Å². The molecule has 13 heteroatoms. The van der Waals surface area contributed by atoms with Gasteiger partial charge in [-0.05, 0) is 23.8 Å². The van der Waals surface area contributed by atoms with Crippen molar-refractivity contribution in [3.8, 4) is 17.1 Å². The summed E-state index contributed by atoms with van der Waals surface area (Å²) in [7, 11) is 2.96. The largest absolute Gasteiger partial charge is 0.490 e. The molecule has 0 saturated carbocycles. The number of hydrogen-bond donors (Lipinski definition) is 2. The molecule has 0 spiro atoms. The monoisotopic (exact) mass is 432 g/mol. The topological polar surface area (TPSA) is 155 Å². The zero-order valence-electron chi connectivity index (χ0n) is 16.4. The summed E-state index contributed by atoms with van der Waals surface area (Å²) in [4.78, 5) is 29.6. The zero-order chi connectivity index (χ0) is 22.5.